The van der Waals surface area contributed by atoms with Crippen molar-refractivity contribution in [2.24, 2.45) is 0 Å². The Morgan fingerprint density at radius 1 is 1.12 bits per heavy atom. The topological polar surface area (TPSA) is 58.6 Å². The maximum atomic E-state index is 12.5. The largest absolute Gasteiger partial charge is 0.478 e. The lowest BCUT2D eigenvalue weighted by atomic mass is 9.87. The van der Waals surface area contributed by atoms with Crippen molar-refractivity contribution in [3.63, 3.8) is 0 Å². The summed E-state index contributed by atoms with van der Waals surface area (Å²) in [5, 5.41) is 2.84. The first kappa shape index (κ1) is 18.0. The number of carbonyl (C=O) groups excluding carboxylic acids is 2. The summed E-state index contributed by atoms with van der Waals surface area (Å²) in [6.45, 7) is 6.42. The number of fused-ring (bicyclic) bond motifs is 1. The minimum absolute atomic E-state index is 0.0292. The van der Waals surface area contributed by atoms with Crippen LogP contribution in [-0.2, 0) is 15.0 Å². The van der Waals surface area contributed by atoms with E-state index in [9.17, 15) is 9.59 Å². The number of hydrogen-bond donors (Lipinski definition) is 1. The van der Waals surface area contributed by atoms with E-state index in [1.54, 1.807) is 13.1 Å². The van der Waals surface area contributed by atoms with Gasteiger partial charge in [-0.05, 0) is 35.2 Å². The van der Waals surface area contributed by atoms with E-state index in [2.05, 4.69) is 26.1 Å². The summed E-state index contributed by atoms with van der Waals surface area (Å²) in [5.74, 6) is 0.142. The van der Waals surface area contributed by atoms with Gasteiger partial charge in [-0.15, -0.1) is 0 Å². The average molecular weight is 352 g/mol. The Morgan fingerprint density at radius 2 is 1.77 bits per heavy atom. The quantitative estimate of drug-likeness (QED) is 0.915. The van der Waals surface area contributed by atoms with Gasteiger partial charge in [-0.1, -0.05) is 45.0 Å². The molecule has 0 saturated carbocycles. The highest BCUT2D eigenvalue weighted by atomic mass is 16.5. The van der Waals surface area contributed by atoms with Gasteiger partial charge in [0, 0.05) is 12.7 Å². The van der Waals surface area contributed by atoms with E-state index in [0.717, 1.165) is 0 Å². The molecule has 0 spiro atoms. The van der Waals surface area contributed by atoms with Crippen LogP contribution in [-0.4, -0.2) is 25.0 Å². The molecule has 0 fully saturated rings. The van der Waals surface area contributed by atoms with Crippen LogP contribution < -0.4 is 15.0 Å². The fraction of sp³-hybridized carbons (Fsp3) is 0.333. The van der Waals surface area contributed by atoms with E-state index in [0.29, 0.717) is 17.1 Å². The maximum absolute atomic E-state index is 12.5. The molecule has 3 rings (SSSR count). The number of carbonyl (C=O) groups is 2. The summed E-state index contributed by atoms with van der Waals surface area (Å²) < 4.78 is 5.73. The number of ether oxygens (including phenoxy) is 1. The van der Waals surface area contributed by atoms with Crippen LogP contribution >= 0.6 is 0 Å². The summed E-state index contributed by atoms with van der Waals surface area (Å²) in [5.41, 5.74) is 2.68. The van der Waals surface area contributed by atoms with Crippen LogP contribution in [0.5, 0.6) is 5.75 Å². The normalized spacial score (nSPS) is 16.7. The molecule has 0 aliphatic carbocycles. The molecule has 0 bridgehead atoms. The van der Waals surface area contributed by atoms with Gasteiger partial charge < -0.3 is 15.0 Å². The molecule has 5 nitrogen and oxygen atoms in total. The van der Waals surface area contributed by atoms with Gasteiger partial charge in [-0.2, -0.15) is 0 Å². The molecule has 1 aliphatic heterocycles. The predicted molar refractivity (Wildman–Crippen MR) is 103 cm³/mol. The molecule has 2 aromatic carbocycles. The van der Waals surface area contributed by atoms with Crippen molar-refractivity contribution in [2.45, 2.75) is 38.7 Å². The summed E-state index contributed by atoms with van der Waals surface area (Å²) in [4.78, 5) is 26.4. The van der Waals surface area contributed by atoms with Crippen LogP contribution in [0.25, 0.3) is 0 Å². The average Bonchev–Trinajstić information content (AvgIpc) is 2.59. The molecule has 0 radical (unpaired) electrons. The number of likely N-dealkylation sites (N-methyl/N-ethyl adjacent to an activating group) is 1. The second-order valence-electron chi connectivity index (χ2n) is 7.55. The van der Waals surface area contributed by atoms with Gasteiger partial charge in [0.2, 0.25) is 5.91 Å². The summed E-state index contributed by atoms with van der Waals surface area (Å²) >= 11 is 0. The molecule has 2 amide bonds. The van der Waals surface area contributed by atoms with E-state index in [4.69, 9.17) is 4.74 Å². The van der Waals surface area contributed by atoms with Gasteiger partial charge in [0.15, 0.2) is 6.10 Å². The fourth-order valence-electron chi connectivity index (χ4n) is 2.94. The smallest absolute Gasteiger partial charge is 0.268 e. The molecular weight excluding hydrogens is 328 g/mol. The molecule has 2 aromatic rings. The van der Waals surface area contributed by atoms with Crippen molar-refractivity contribution in [3.8, 4) is 5.75 Å². The third-order valence-corrected chi connectivity index (χ3v) is 4.51. The number of rotatable bonds is 3. The summed E-state index contributed by atoms with van der Waals surface area (Å²) in [6.07, 6.45) is -0.845. The van der Waals surface area contributed by atoms with Gasteiger partial charge in [-0.25, -0.2) is 0 Å². The van der Waals surface area contributed by atoms with E-state index in [1.807, 2.05) is 42.5 Å². The second-order valence-corrected chi connectivity index (χ2v) is 7.55. The fourth-order valence-corrected chi connectivity index (χ4v) is 2.94. The minimum atomic E-state index is -0.816. The number of amides is 2. The van der Waals surface area contributed by atoms with Crippen molar-refractivity contribution in [3.05, 3.63) is 54.1 Å². The zero-order chi connectivity index (χ0) is 18.9. The monoisotopic (exact) mass is 352 g/mol. The molecule has 0 aromatic heterocycles. The molecule has 1 unspecified atom stereocenters. The van der Waals surface area contributed by atoms with Gasteiger partial charge in [0.1, 0.15) is 5.75 Å². The number of benzene rings is 2. The highest BCUT2D eigenvalue weighted by Crippen LogP contribution is 2.33. The summed E-state index contributed by atoms with van der Waals surface area (Å²) in [7, 11) is 1.69. The molecule has 1 heterocycles. The van der Waals surface area contributed by atoms with Crippen LogP contribution in [0.1, 0.15) is 32.8 Å². The van der Waals surface area contributed by atoms with Crippen LogP contribution in [0.3, 0.4) is 0 Å². The molecule has 1 aliphatic rings. The molecule has 0 saturated heterocycles. The highest BCUT2D eigenvalue weighted by molar-refractivity contribution is 6.03. The number of nitrogens with zero attached hydrogens (tertiary/aromatic N) is 1. The lowest BCUT2D eigenvalue weighted by Gasteiger charge is -2.31. The third-order valence-electron chi connectivity index (χ3n) is 4.51. The van der Waals surface area contributed by atoms with Crippen molar-refractivity contribution < 1.29 is 14.3 Å². The molecule has 5 heteroatoms. The first-order valence-electron chi connectivity index (χ1n) is 8.69. The Morgan fingerprint density at radius 3 is 2.42 bits per heavy atom. The van der Waals surface area contributed by atoms with Crippen molar-refractivity contribution >= 4 is 23.2 Å². The maximum Gasteiger partial charge on any atom is 0.268 e. The first-order chi connectivity index (χ1) is 12.3. The Bertz CT molecular complexity index is 822. The lowest BCUT2D eigenvalue weighted by Crippen LogP contribution is -2.45. The zero-order valence-corrected chi connectivity index (χ0v) is 15.6. The van der Waals surface area contributed by atoms with Gasteiger partial charge >= 0.3 is 0 Å². The van der Waals surface area contributed by atoms with Crippen molar-refractivity contribution in [1.82, 2.24) is 0 Å². The second kappa shape index (κ2) is 6.83. The molecule has 1 N–H and O–H groups in total. The standard InChI is InChI=1S/C21H24N2O3/c1-21(2,3)14-9-11-15(12-10-14)22-19(24)13-18-20(25)23(4)16-7-5-6-8-17(16)26-18/h5-12,18H,13H2,1-4H3,(H,22,24). The number of hydrogen-bond acceptors (Lipinski definition) is 3. The lowest BCUT2D eigenvalue weighted by molar-refractivity contribution is -0.130. The van der Waals surface area contributed by atoms with Crippen molar-refractivity contribution in [1.29, 1.82) is 0 Å². The molecule has 1 atom stereocenters. The van der Waals surface area contributed by atoms with Crippen LogP contribution in [0.2, 0.25) is 0 Å². The van der Waals surface area contributed by atoms with E-state index >= 15 is 0 Å². The highest BCUT2D eigenvalue weighted by Gasteiger charge is 2.33. The van der Waals surface area contributed by atoms with Crippen LogP contribution in [0, 0.1) is 0 Å². The third kappa shape index (κ3) is 3.72. The number of nitrogens with one attached hydrogen (secondary N) is 1. The Kier molecular flexibility index (Phi) is 4.72. The molecule has 136 valence electrons. The SMILES string of the molecule is CN1C(=O)C(CC(=O)Nc2ccc(C(C)(C)C)cc2)Oc2ccccc21. The summed E-state index contributed by atoms with van der Waals surface area (Å²) in [6, 6.07) is 15.1. The Balaban J connectivity index is 1.66. The molecular formula is C21H24N2O3. The minimum Gasteiger partial charge on any atom is -0.478 e. The van der Waals surface area contributed by atoms with Gasteiger partial charge in [-0.3, -0.25) is 9.59 Å². The van der Waals surface area contributed by atoms with Crippen molar-refractivity contribution in [2.75, 3.05) is 17.3 Å². The first-order valence-corrected chi connectivity index (χ1v) is 8.69. The zero-order valence-electron chi connectivity index (χ0n) is 15.6. The number of anilines is 2. The van der Waals surface area contributed by atoms with Crippen LogP contribution in [0.4, 0.5) is 11.4 Å². The van der Waals surface area contributed by atoms with Crippen LogP contribution in [0.15, 0.2) is 48.5 Å². The number of para-hydroxylation sites is 2. The van der Waals surface area contributed by atoms with Gasteiger partial charge in [0.05, 0.1) is 12.1 Å². The Hall–Kier alpha value is -2.82. The van der Waals surface area contributed by atoms with E-state index < -0.39 is 6.10 Å². The van der Waals surface area contributed by atoms with Gasteiger partial charge in [0.25, 0.3) is 5.91 Å². The Labute approximate surface area is 154 Å². The van der Waals surface area contributed by atoms with E-state index in [-0.39, 0.29) is 23.7 Å². The van der Waals surface area contributed by atoms with E-state index in [1.165, 1.54) is 10.5 Å². The molecule has 26 heavy (non-hydrogen) atoms. The predicted octanol–water partition coefficient (Wildman–Crippen LogP) is 3.74.